The van der Waals surface area contributed by atoms with Crippen molar-refractivity contribution in [3.63, 3.8) is 0 Å². The smallest absolute Gasteiger partial charge is 0.331 e. The van der Waals surface area contributed by atoms with Crippen LogP contribution in [0.5, 0.6) is 0 Å². The Labute approximate surface area is 97.1 Å². The summed E-state index contributed by atoms with van der Waals surface area (Å²) in [5.74, 6) is -1.92. The van der Waals surface area contributed by atoms with Crippen molar-refractivity contribution in [1.29, 1.82) is 0 Å². The number of carboxylic acid groups (broad SMARTS) is 1. The molecular formula is C11H9ClO4. The lowest BCUT2D eigenvalue weighted by atomic mass is 10.2. The molecule has 0 aliphatic rings. The molecule has 0 unspecified atom stereocenters. The van der Waals surface area contributed by atoms with Crippen LogP contribution in [0, 0.1) is 0 Å². The van der Waals surface area contributed by atoms with E-state index in [0.717, 1.165) is 12.2 Å². The third kappa shape index (κ3) is 4.14. The fourth-order valence-electron chi connectivity index (χ4n) is 0.952. The molecule has 0 bridgehead atoms. The van der Waals surface area contributed by atoms with Gasteiger partial charge in [0.05, 0.1) is 0 Å². The Morgan fingerprint density at radius 3 is 2.62 bits per heavy atom. The molecule has 0 atom stereocenters. The van der Waals surface area contributed by atoms with Gasteiger partial charge in [-0.3, -0.25) is 0 Å². The van der Waals surface area contributed by atoms with Crippen molar-refractivity contribution in [2.24, 2.45) is 0 Å². The van der Waals surface area contributed by atoms with Crippen molar-refractivity contribution in [1.82, 2.24) is 0 Å². The monoisotopic (exact) mass is 240 g/mol. The van der Waals surface area contributed by atoms with Gasteiger partial charge in [-0.15, -0.1) is 0 Å². The number of hydrogen-bond acceptors (Lipinski definition) is 3. The van der Waals surface area contributed by atoms with Gasteiger partial charge in [0.15, 0.2) is 0 Å². The number of rotatable bonds is 4. The highest BCUT2D eigenvalue weighted by Crippen LogP contribution is 2.15. The number of carboxylic acids is 1. The van der Waals surface area contributed by atoms with E-state index in [1.165, 1.54) is 0 Å². The SMILES string of the molecule is O=C(O)/C=C\C(=O)OCc1ccccc1Cl. The first-order chi connectivity index (χ1) is 7.59. The van der Waals surface area contributed by atoms with Crippen LogP contribution in [0.25, 0.3) is 0 Å². The zero-order valence-corrected chi connectivity index (χ0v) is 8.98. The highest BCUT2D eigenvalue weighted by atomic mass is 35.5. The van der Waals surface area contributed by atoms with Crippen LogP contribution in [-0.2, 0) is 20.9 Å². The topological polar surface area (TPSA) is 63.6 Å². The predicted molar refractivity (Wildman–Crippen MR) is 58.0 cm³/mol. The lowest BCUT2D eigenvalue weighted by Gasteiger charge is -2.03. The maximum absolute atomic E-state index is 11.0. The molecule has 0 amide bonds. The first-order valence-electron chi connectivity index (χ1n) is 4.41. The van der Waals surface area contributed by atoms with Gasteiger partial charge >= 0.3 is 11.9 Å². The second-order valence-corrected chi connectivity index (χ2v) is 3.28. The highest BCUT2D eigenvalue weighted by Gasteiger charge is 2.02. The molecule has 0 heterocycles. The van der Waals surface area contributed by atoms with E-state index in [1.807, 2.05) is 0 Å². The van der Waals surface area contributed by atoms with Crippen molar-refractivity contribution in [3.8, 4) is 0 Å². The number of ether oxygens (including phenoxy) is 1. The van der Waals surface area contributed by atoms with E-state index in [-0.39, 0.29) is 6.61 Å². The Hall–Kier alpha value is -1.81. The molecule has 4 nitrogen and oxygen atoms in total. The number of halogens is 1. The van der Waals surface area contributed by atoms with Crippen LogP contribution in [0.2, 0.25) is 5.02 Å². The Balaban J connectivity index is 2.49. The third-order valence-corrected chi connectivity index (χ3v) is 2.06. The average molecular weight is 241 g/mol. The van der Waals surface area contributed by atoms with Crippen LogP contribution in [0.15, 0.2) is 36.4 Å². The van der Waals surface area contributed by atoms with E-state index in [2.05, 4.69) is 0 Å². The van der Waals surface area contributed by atoms with E-state index in [0.29, 0.717) is 10.6 Å². The van der Waals surface area contributed by atoms with E-state index < -0.39 is 11.9 Å². The Morgan fingerprint density at radius 1 is 1.31 bits per heavy atom. The summed E-state index contributed by atoms with van der Waals surface area (Å²) < 4.78 is 4.79. The minimum Gasteiger partial charge on any atom is -0.478 e. The minimum atomic E-state index is -1.20. The number of carbonyl (C=O) groups excluding carboxylic acids is 1. The molecule has 0 fully saturated rings. The van der Waals surface area contributed by atoms with Gasteiger partial charge in [0.1, 0.15) is 6.61 Å². The molecule has 0 saturated heterocycles. The summed E-state index contributed by atoms with van der Waals surface area (Å²) in [6.07, 6.45) is 1.56. The number of hydrogen-bond donors (Lipinski definition) is 1. The summed E-state index contributed by atoms with van der Waals surface area (Å²) in [7, 11) is 0. The summed E-state index contributed by atoms with van der Waals surface area (Å²) in [6.45, 7) is 0.0163. The predicted octanol–water partition coefficient (Wildman–Crippen LogP) is 2.02. The molecule has 0 aromatic heterocycles. The molecule has 84 valence electrons. The zero-order chi connectivity index (χ0) is 12.0. The van der Waals surface area contributed by atoms with Crippen molar-refractivity contribution in [2.45, 2.75) is 6.61 Å². The van der Waals surface area contributed by atoms with Crippen LogP contribution in [-0.4, -0.2) is 17.0 Å². The average Bonchev–Trinajstić information content (AvgIpc) is 2.25. The van der Waals surface area contributed by atoms with Crippen molar-refractivity contribution in [3.05, 3.63) is 47.0 Å². The number of carbonyl (C=O) groups is 2. The third-order valence-electron chi connectivity index (χ3n) is 1.69. The standard InChI is InChI=1S/C11H9ClO4/c12-9-4-2-1-3-8(9)7-16-11(15)6-5-10(13)14/h1-6H,7H2,(H,13,14)/b6-5-. The summed E-state index contributed by atoms with van der Waals surface area (Å²) in [6, 6.07) is 6.93. The first-order valence-corrected chi connectivity index (χ1v) is 4.78. The van der Waals surface area contributed by atoms with Gasteiger partial charge in [-0.1, -0.05) is 29.8 Å². The summed E-state index contributed by atoms with van der Waals surface area (Å²) in [4.78, 5) is 21.1. The maximum atomic E-state index is 11.0. The van der Waals surface area contributed by atoms with Gasteiger partial charge in [-0.2, -0.15) is 0 Å². The molecule has 5 heteroatoms. The second kappa shape index (κ2) is 5.92. The second-order valence-electron chi connectivity index (χ2n) is 2.87. The van der Waals surface area contributed by atoms with Gasteiger partial charge in [-0.05, 0) is 6.07 Å². The lowest BCUT2D eigenvalue weighted by molar-refractivity contribution is -0.139. The first kappa shape index (κ1) is 12.3. The molecular weight excluding hydrogens is 232 g/mol. The molecule has 1 aromatic rings. The Bertz CT molecular complexity index is 426. The van der Waals surface area contributed by atoms with Crippen molar-refractivity contribution >= 4 is 23.5 Å². The van der Waals surface area contributed by atoms with Gasteiger partial charge < -0.3 is 9.84 Å². The summed E-state index contributed by atoms with van der Waals surface area (Å²) in [5.41, 5.74) is 0.668. The fourth-order valence-corrected chi connectivity index (χ4v) is 1.14. The lowest BCUT2D eigenvalue weighted by Crippen LogP contribution is -2.02. The molecule has 1 rings (SSSR count). The van der Waals surface area contributed by atoms with Gasteiger partial charge in [0, 0.05) is 22.7 Å². The molecule has 1 aromatic carbocycles. The molecule has 0 saturated carbocycles. The zero-order valence-electron chi connectivity index (χ0n) is 8.22. The fraction of sp³-hybridized carbons (Fsp3) is 0.0909. The number of aliphatic carboxylic acids is 1. The van der Waals surface area contributed by atoms with Gasteiger partial charge in [-0.25, -0.2) is 9.59 Å². The maximum Gasteiger partial charge on any atom is 0.331 e. The summed E-state index contributed by atoms with van der Waals surface area (Å²) >= 11 is 5.83. The van der Waals surface area contributed by atoms with E-state index >= 15 is 0 Å². The molecule has 0 spiro atoms. The Morgan fingerprint density at radius 2 is 2.00 bits per heavy atom. The van der Waals surface area contributed by atoms with Crippen LogP contribution in [0.3, 0.4) is 0 Å². The molecule has 0 aliphatic carbocycles. The molecule has 16 heavy (non-hydrogen) atoms. The van der Waals surface area contributed by atoms with Gasteiger partial charge in [0.25, 0.3) is 0 Å². The van der Waals surface area contributed by atoms with Gasteiger partial charge in [0.2, 0.25) is 0 Å². The molecule has 0 aliphatic heterocycles. The van der Waals surface area contributed by atoms with E-state index in [4.69, 9.17) is 21.4 Å². The van der Waals surface area contributed by atoms with Crippen molar-refractivity contribution < 1.29 is 19.4 Å². The molecule has 0 radical (unpaired) electrons. The summed E-state index contributed by atoms with van der Waals surface area (Å²) in [5, 5.41) is 8.77. The van der Waals surface area contributed by atoms with Crippen LogP contribution in [0.1, 0.15) is 5.56 Å². The normalized spacial score (nSPS) is 10.3. The minimum absolute atomic E-state index is 0.0163. The largest absolute Gasteiger partial charge is 0.478 e. The quantitative estimate of drug-likeness (QED) is 0.646. The van der Waals surface area contributed by atoms with E-state index in [9.17, 15) is 9.59 Å². The highest BCUT2D eigenvalue weighted by molar-refractivity contribution is 6.31. The van der Waals surface area contributed by atoms with Crippen LogP contribution < -0.4 is 0 Å². The van der Waals surface area contributed by atoms with Crippen LogP contribution in [0.4, 0.5) is 0 Å². The molecule has 1 N–H and O–H groups in total. The van der Waals surface area contributed by atoms with Crippen molar-refractivity contribution in [2.75, 3.05) is 0 Å². The number of esters is 1. The number of benzene rings is 1. The van der Waals surface area contributed by atoms with E-state index in [1.54, 1.807) is 24.3 Å². The van der Waals surface area contributed by atoms with Crippen LogP contribution >= 0.6 is 11.6 Å². The Kier molecular flexibility index (Phi) is 4.54.